The molecule has 1 fully saturated rings. The standard InChI is InChI=1S/C16H12N4O6S/c21-14(22)7-13-15(23)18-16(27-13)19-17-8-9-5-6-12(26-9)10-3-1-2-4-11(10)20(24)25/h1-6,8,13H,7H2,(H,21,22)(H,18,19,23). The molecule has 0 aliphatic carbocycles. The van der Waals surface area contributed by atoms with Gasteiger partial charge in [-0.25, -0.2) is 0 Å². The maximum atomic E-state index is 11.6. The van der Waals surface area contributed by atoms with Gasteiger partial charge in [0.25, 0.3) is 5.69 Å². The van der Waals surface area contributed by atoms with Gasteiger partial charge in [-0.15, -0.1) is 5.10 Å². The van der Waals surface area contributed by atoms with Crippen LogP contribution in [0.4, 0.5) is 5.69 Å². The average molecular weight is 388 g/mol. The van der Waals surface area contributed by atoms with Crippen molar-refractivity contribution in [2.24, 2.45) is 10.2 Å². The summed E-state index contributed by atoms with van der Waals surface area (Å²) in [6.07, 6.45) is 0.971. The first-order valence-electron chi connectivity index (χ1n) is 7.58. The molecule has 10 nitrogen and oxygen atoms in total. The lowest BCUT2D eigenvalue weighted by molar-refractivity contribution is -0.384. The number of carboxylic acids is 1. The molecule has 1 aromatic carbocycles. The molecule has 1 unspecified atom stereocenters. The minimum atomic E-state index is -1.08. The summed E-state index contributed by atoms with van der Waals surface area (Å²) < 4.78 is 5.53. The van der Waals surface area contributed by atoms with Gasteiger partial charge in [0.15, 0.2) is 5.17 Å². The molecular weight excluding hydrogens is 376 g/mol. The van der Waals surface area contributed by atoms with Crippen LogP contribution >= 0.6 is 11.8 Å². The Kier molecular flexibility index (Phi) is 5.31. The van der Waals surface area contributed by atoms with Crippen molar-refractivity contribution in [3.8, 4) is 11.3 Å². The Morgan fingerprint density at radius 2 is 2.15 bits per heavy atom. The van der Waals surface area contributed by atoms with Crippen LogP contribution in [0.3, 0.4) is 0 Å². The minimum absolute atomic E-state index is 0.0786. The lowest BCUT2D eigenvalue weighted by Crippen LogP contribution is -2.26. The topological polar surface area (TPSA) is 147 Å². The number of rotatable bonds is 6. The van der Waals surface area contributed by atoms with Gasteiger partial charge in [0.1, 0.15) is 16.8 Å². The van der Waals surface area contributed by atoms with E-state index in [1.54, 1.807) is 30.3 Å². The van der Waals surface area contributed by atoms with Crippen molar-refractivity contribution in [1.82, 2.24) is 5.32 Å². The number of nitrogens with zero attached hydrogens (tertiary/aromatic N) is 3. The second-order valence-corrected chi connectivity index (χ2v) is 6.51. The molecule has 1 saturated heterocycles. The Morgan fingerprint density at radius 1 is 1.37 bits per heavy atom. The third kappa shape index (κ3) is 4.39. The average Bonchev–Trinajstić information content (AvgIpc) is 3.22. The zero-order chi connectivity index (χ0) is 19.4. The predicted octanol–water partition coefficient (Wildman–Crippen LogP) is 2.25. The van der Waals surface area contributed by atoms with E-state index in [-0.39, 0.29) is 17.3 Å². The summed E-state index contributed by atoms with van der Waals surface area (Å²) in [6, 6.07) is 9.33. The third-order valence-corrected chi connectivity index (χ3v) is 4.54. The second kappa shape index (κ2) is 7.83. The number of para-hydroxylation sites is 1. The molecular formula is C16H12N4O6S. The van der Waals surface area contributed by atoms with Gasteiger partial charge in [-0.2, -0.15) is 5.10 Å². The number of furan rings is 1. The zero-order valence-electron chi connectivity index (χ0n) is 13.6. The Morgan fingerprint density at radius 3 is 2.89 bits per heavy atom. The van der Waals surface area contributed by atoms with Crippen LogP contribution in [0.5, 0.6) is 0 Å². The molecule has 0 radical (unpaired) electrons. The summed E-state index contributed by atoms with van der Waals surface area (Å²) in [5.74, 6) is -0.899. The molecule has 138 valence electrons. The molecule has 0 spiro atoms. The van der Waals surface area contributed by atoms with Gasteiger partial charge in [-0.3, -0.25) is 19.7 Å². The van der Waals surface area contributed by atoms with Crippen LogP contribution in [0, 0.1) is 10.1 Å². The van der Waals surface area contributed by atoms with E-state index in [4.69, 9.17) is 9.52 Å². The fourth-order valence-corrected chi connectivity index (χ4v) is 3.21. The van der Waals surface area contributed by atoms with Gasteiger partial charge >= 0.3 is 5.97 Å². The molecule has 1 atom stereocenters. The molecule has 0 bridgehead atoms. The van der Waals surface area contributed by atoms with Crippen molar-refractivity contribution in [2.45, 2.75) is 11.7 Å². The summed E-state index contributed by atoms with van der Waals surface area (Å²) in [5, 5.41) is 29.3. The van der Waals surface area contributed by atoms with E-state index in [0.717, 1.165) is 11.8 Å². The fraction of sp³-hybridized carbons (Fsp3) is 0.125. The van der Waals surface area contributed by atoms with Crippen LogP contribution in [0.25, 0.3) is 11.3 Å². The van der Waals surface area contributed by atoms with Gasteiger partial charge < -0.3 is 14.8 Å². The van der Waals surface area contributed by atoms with Crippen LogP contribution in [0.2, 0.25) is 0 Å². The van der Waals surface area contributed by atoms with E-state index in [2.05, 4.69) is 15.5 Å². The summed E-state index contributed by atoms with van der Waals surface area (Å²) in [5.41, 5.74) is 0.258. The first-order valence-corrected chi connectivity index (χ1v) is 8.46. The number of benzene rings is 1. The molecule has 1 amide bonds. The number of carboxylic acid groups (broad SMARTS) is 1. The minimum Gasteiger partial charge on any atom is -0.481 e. The van der Waals surface area contributed by atoms with Crippen molar-refractivity contribution in [2.75, 3.05) is 0 Å². The lowest BCUT2D eigenvalue weighted by atomic mass is 10.1. The quantitative estimate of drug-likeness (QED) is 0.438. The normalized spacial score (nSPS) is 18.1. The molecule has 11 heteroatoms. The largest absolute Gasteiger partial charge is 0.481 e. The van der Waals surface area contributed by atoms with Gasteiger partial charge in [0.05, 0.1) is 23.1 Å². The number of thioether (sulfide) groups is 1. The maximum Gasteiger partial charge on any atom is 0.305 e. The first-order chi connectivity index (χ1) is 12.9. The van der Waals surface area contributed by atoms with E-state index < -0.39 is 22.0 Å². The third-order valence-electron chi connectivity index (χ3n) is 3.46. The highest BCUT2D eigenvalue weighted by molar-refractivity contribution is 8.15. The number of nitro groups is 1. The van der Waals surface area contributed by atoms with Gasteiger partial charge in [0, 0.05) is 6.07 Å². The highest BCUT2D eigenvalue weighted by Crippen LogP contribution is 2.30. The van der Waals surface area contributed by atoms with Crippen LogP contribution in [0.1, 0.15) is 12.2 Å². The molecule has 3 rings (SSSR count). The smallest absolute Gasteiger partial charge is 0.305 e. The maximum absolute atomic E-state index is 11.6. The van der Waals surface area contributed by atoms with Crippen molar-refractivity contribution >= 4 is 40.7 Å². The Balaban J connectivity index is 1.71. The SMILES string of the molecule is O=C(O)CC1SC(=NN=Cc2ccc(-c3ccccc3[N+](=O)[O-])o2)NC1=O. The predicted molar refractivity (Wildman–Crippen MR) is 97.6 cm³/mol. The first kappa shape index (κ1) is 18.3. The van der Waals surface area contributed by atoms with Crippen molar-refractivity contribution in [3.05, 3.63) is 52.3 Å². The van der Waals surface area contributed by atoms with Gasteiger partial charge in [-0.05, 0) is 18.2 Å². The summed E-state index contributed by atoms with van der Waals surface area (Å²) in [6.45, 7) is 0. The van der Waals surface area contributed by atoms with Crippen LogP contribution in [-0.2, 0) is 9.59 Å². The number of amides is 1. The molecule has 1 aliphatic rings. The molecule has 27 heavy (non-hydrogen) atoms. The second-order valence-electron chi connectivity index (χ2n) is 5.32. The summed E-state index contributed by atoms with van der Waals surface area (Å²) >= 11 is 0.979. The van der Waals surface area contributed by atoms with Crippen molar-refractivity contribution in [3.63, 3.8) is 0 Å². The molecule has 0 saturated carbocycles. The van der Waals surface area contributed by atoms with Crippen LogP contribution in [-0.4, -0.2) is 38.5 Å². The zero-order valence-corrected chi connectivity index (χ0v) is 14.4. The highest BCUT2D eigenvalue weighted by Gasteiger charge is 2.32. The number of hydrogen-bond donors (Lipinski definition) is 2. The van der Waals surface area contributed by atoms with Gasteiger partial charge in [-0.1, -0.05) is 23.9 Å². The number of hydrogen-bond acceptors (Lipinski definition) is 8. The van der Waals surface area contributed by atoms with E-state index in [1.807, 2.05) is 0 Å². The van der Waals surface area contributed by atoms with Crippen LogP contribution < -0.4 is 5.32 Å². The van der Waals surface area contributed by atoms with Crippen LogP contribution in [0.15, 0.2) is 51.0 Å². The number of amidine groups is 1. The summed E-state index contributed by atoms with van der Waals surface area (Å²) in [4.78, 5) is 32.9. The number of carbonyl (C=O) groups excluding carboxylic acids is 1. The Bertz CT molecular complexity index is 967. The number of nitrogens with one attached hydrogen (secondary N) is 1. The lowest BCUT2D eigenvalue weighted by Gasteiger charge is -1.98. The Labute approximate surface area is 156 Å². The van der Waals surface area contributed by atoms with Crippen molar-refractivity contribution < 1.29 is 24.0 Å². The molecule has 2 heterocycles. The monoisotopic (exact) mass is 388 g/mol. The molecule has 2 N–H and O–H groups in total. The number of nitro benzene ring substituents is 1. The van der Waals surface area contributed by atoms with E-state index in [1.165, 1.54) is 12.3 Å². The summed E-state index contributed by atoms with van der Waals surface area (Å²) in [7, 11) is 0. The molecule has 1 aliphatic heterocycles. The van der Waals surface area contributed by atoms with E-state index >= 15 is 0 Å². The fourth-order valence-electron chi connectivity index (χ4n) is 2.29. The highest BCUT2D eigenvalue weighted by atomic mass is 32.2. The van der Waals surface area contributed by atoms with Crippen molar-refractivity contribution in [1.29, 1.82) is 0 Å². The molecule has 2 aromatic rings. The molecule has 1 aromatic heterocycles. The number of carbonyl (C=O) groups is 2. The van der Waals surface area contributed by atoms with Gasteiger partial charge in [0.2, 0.25) is 5.91 Å². The number of aliphatic carboxylic acids is 1. The van der Waals surface area contributed by atoms with E-state index in [9.17, 15) is 19.7 Å². The Hall–Kier alpha value is -3.47. The van der Waals surface area contributed by atoms with E-state index in [0.29, 0.717) is 17.1 Å².